The highest BCUT2D eigenvalue weighted by Gasteiger charge is 2.14. The molecule has 0 unspecified atom stereocenters. The van der Waals surface area contributed by atoms with Gasteiger partial charge >= 0.3 is 0 Å². The van der Waals surface area contributed by atoms with Gasteiger partial charge in [-0.1, -0.05) is 30.3 Å². The van der Waals surface area contributed by atoms with E-state index in [4.69, 9.17) is 0 Å². The van der Waals surface area contributed by atoms with E-state index >= 15 is 0 Å². The Morgan fingerprint density at radius 2 is 1.79 bits per heavy atom. The van der Waals surface area contributed by atoms with Crippen LogP contribution in [0.3, 0.4) is 0 Å². The number of nitrogens with zero attached hydrogens (tertiary/aromatic N) is 4. The van der Waals surface area contributed by atoms with Gasteiger partial charge in [-0.05, 0) is 36.4 Å². The standard InChI is InChI=1S/C24H16FN5O2S/c25-18-11-9-16(10-12-18)23-15-33-24(28-21-7-3-4-8-22(21)30(31)32)29(23)27-14-17-13-26-20-6-2-1-5-19(17)20/h1-15,26H. The van der Waals surface area contributed by atoms with Crippen LogP contribution < -0.4 is 4.80 Å². The maximum absolute atomic E-state index is 13.5. The number of aromatic amines is 1. The molecule has 0 amide bonds. The van der Waals surface area contributed by atoms with Gasteiger partial charge in [0.25, 0.3) is 5.69 Å². The monoisotopic (exact) mass is 457 g/mol. The largest absolute Gasteiger partial charge is 0.361 e. The Hall–Kier alpha value is -4.37. The second kappa shape index (κ2) is 8.64. The molecule has 33 heavy (non-hydrogen) atoms. The minimum atomic E-state index is -0.465. The van der Waals surface area contributed by atoms with Crippen LogP contribution in [0.4, 0.5) is 15.8 Å². The van der Waals surface area contributed by atoms with E-state index < -0.39 is 4.92 Å². The Morgan fingerprint density at radius 1 is 1.03 bits per heavy atom. The average molecular weight is 457 g/mol. The van der Waals surface area contributed by atoms with Crippen LogP contribution in [0.1, 0.15) is 5.56 Å². The average Bonchev–Trinajstić information content (AvgIpc) is 3.42. The summed E-state index contributed by atoms with van der Waals surface area (Å²) in [4.78, 5) is 19.2. The van der Waals surface area contributed by atoms with Crippen LogP contribution in [0.2, 0.25) is 0 Å². The molecule has 0 aliphatic carbocycles. The number of nitro benzene ring substituents is 1. The van der Waals surface area contributed by atoms with Gasteiger partial charge in [0, 0.05) is 39.7 Å². The molecule has 5 aromatic rings. The minimum Gasteiger partial charge on any atom is -0.361 e. The Kier molecular flexibility index (Phi) is 5.37. The lowest BCUT2D eigenvalue weighted by Crippen LogP contribution is -2.11. The molecule has 2 aromatic heterocycles. The fourth-order valence-electron chi connectivity index (χ4n) is 3.44. The first-order chi connectivity index (χ1) is 16.1. The van der Waals surface area contributed by atoms with Gasteiger partial charge in [-0.15, -0.1) is 11.3 Å². The van der Waals surface area contributed by atoms with E-state index in [1.54, 1.807) is 41.2 Å². The summed E-state index contributed by atoms with van der Waals surface area (Å²) in [5.74, 6) is -0.340. The Bertz CT molecular complexity index is 1560. The van der Waals surface area contributed by atoms with Crippen molar-refractivity contribution in [1.82, 2.24) is 9.66 Å². The second-order valence-electron chi connectivity index (χ2n) is 7.11. The van der Waals surface area contributed by atoms with Crippen LogP contribution >= 0.6 is 11.3 Å². The first-order valence-corrected chi connectivity index (χ1v) is 10.8. The van der Waals surface area contributed by atoms with E-state index in [0.29, 0.717) is 10.5 Å². The van der Waals surface area contributed by atoms with Crippen molar-refractivity contribution in [2.24, 2.45) is 10.1 Å². The predicted octanol–water partition coefficient (Wildman–Crippen LogP) is 5.86. The van der Waals surface area contributed by atoms with Crippen LogP contribution in [0.25, 0.3) is 22.2 Å². The highest BCUT2D eigenvalue weighted by Crippen LogP contribution is 2.27. The number of nitro groups is 1. The first kappa shape index (κ1) is 20.5. The maximum atomic E-state index is 13.5. The molecule has 7 nitrogen and oxygen atoms in total. The number of nitrogens with one attached hydrogen (secondary N) is 1. The highest BCUT2D eigenvalue weighted by molar-refractivity contribution is 7.07. The van der Waals surface area contributed by atoms with Crippen molar-refractivity contribution in [3.63, 3.8) is 0 Å². The summed E-state index contributed by atoms with van der Waals surface area (Å²) in [6.45, 7) is 0. The second-order valence-corrected chi connectivity index (χ2v) is 7.95. The zero-order valence-corrected chi connectivity index (χ0v) is 17.9. The summed E-state index contributed by atoms with van der Waals surface area (Å²) in [5.41, 5.74) is 3.43. The molecule has 0 bridgehead atoms. The summed E-state index contributed by atoms with van der Waals surface area (Å²) < 4.78 is 15.1. The maximum Gasteiger partial charge on any atom is 0.294 e. The number of H-pyrrole nitrogens is 1. The molecular weight excluding hydrogens is 441 g/mol. The van der Waals surface area contributed by atoms with Crippen molar-refractivity contribution in [3.05, 3.63) is 111 Å². The van der Waals surface area contributed by atoms with Gasteiger partial charge in [0.2, 0.25) is 4.80 Å². The molecule has 0 atom stereocenters. The fraction of sp³-hybridized carbons (Fsp3) is 0. The molecule has 3 aromatic carbocycles. The van der Waals surface area contributed by atoms with E-state index in [9.17, 15) is 14.5 Å². The van der Waals surface area contributed by atoms with Crippen LogP contribution in [0.15, 0.2) is 94.5 Å². The molecule has 0 fully saturated rings. The molecule has 0 aliphatic heterocycles. The quantitative estimate of drug-likeness (QED) is 0.204. The van der Waals surface area contributed by atoms with Crippen molar-refractivity contribution >= 4 is 39.8 Å². The normalized spacial score (nSPS) is 12.1. The molecule has 0 saturated heterocycles. The third-order valence-electron chi connectivity index (χ3n) is 5.05. The first-order valence-electron chi connectivity index (χ1n) is 9.95. The molecule has 2 heterocycles. The summed E-state index contributed by atoms with van der Waals surface area (Å²) in [7, 11) is 0. The lowest BCUT2D eigenvalue weighted by Gasteiger charge is -2.04. The minimum absolute atomic E-state index is 0.0959. The third-order valence-corrected chi connectivity index (χ3v) is 5.87. The topological polar surface area (TPSA) is 88.6 Å². The van der Waals surface area contributed by atoms with Crippen LogP contribution in [-0.2, 0) is 0 Å². The van der Waals surface area contributed by atoms with Gasteiger partial charge in [0.15, 0.2) is 0 Å². The van der Waals surface area contributed by atoms with Gasteiger partial charge in [0.05, 0.1) is 16.8 Å². The lowest BCUT2D eigenvalue weighted by atomic mass is 10.2. The lowest BCUT2D eigenvalue weighted by molar-refractivity contribution is -0.384. The zero-order valence-electron chi connectivity index (χ0n) is 17.1. The number of hydrogen-bond donors (Lipinski definition) is 1. The number of thiazole rings is 1. The van der Waals surface area contributed by atoms with E-state index in [1.165, 1.54) is 29.5 Å². The molecule has 0 saturated carbocycles. The molecular formula is C24H16FN5O2S. The van der Waals surface area contributed by atoms with Crippen LogP contribution in [0, 0.1) is 15.9 Å². The van der Waals surface area contributed by atoms with Gasteiger partial charge in [0.1, 0.15) is 11.5 Å². The van der Waals surface area contributed by atoms with Crippen molar-refractivity contribution < 1.29 is 9.31 Å². The summed E-state index contributed by atoms with van der Waals surface area (Å²) in [6, 6.07) is 20.2. The molecule has 0 radical (unpaired) electrons. The molecule has 162 valence electrons. The Labute approximate surface area is 191 Å². The third kappa shape index (κ3) is 4.09. The fourth-order valence-corrected chi connectivity index (χ4v) is 4.29. The van der Waals surface area contributed by atoms with Gasteiger partial charge in [-0.2, -0.15) is 5.10 Å². The van der Waals surface area contributed by atoms with E-state index in [0.717, 1.165) is 22.0 Å². The molecule has 5 rings (SSSR count). The van der Waals surface area contributed by atoms with E-state index in [2.05, 4.69) is 15.1 Å². The number of para-hydroxylation sites is 3. The number of fused-ring (bicyclic) bond motifs is 1. The van der Waals surface area contributed by atoms with Crippen molar-refractivity contribution in [3.8, 4) is 11.3 Å². The van der Waals surface area contributed by atoms with E-state index in [-0.39, 0.29) is 17.2 Å². The van der Waals surface area contributed by atoms with Gasteiger partial charge in [-0.3, -0.25) is 10.1 Å². The number of halogens is 1. The number of benzene rings is 3. The number of rotatable bonds is 5. The molecule has 1 N–H and O–H groups in total. The Morgan fingerprint density at radius 3 is 2.61 bits per heavy atom. The molecule has 0 spiro atoms. The summed E-state index contributed by atoms with van der Waals surface area (Å²) in [5, 5.41) is 18.9. The Balaban J connectivity index is 1.68. The molecule has 9 heteroatoms. The zero-order chi connectivity index (χ0) is 22.8. The molecule has 0 aliphatic rings. The predicted molar refractivity (Wildman–Crippen MR) is 127 cm³/mol. The summed E-state index contributed by atoms with van der Waals surface area (Å²) >= 11 is 1.29. The number of hydrogen-bond acceptors (Lipinski definition) is 5. The SMILES string of the molecule is O=[N+]([O-])c1ccccc1N=c1scc(-c2ccc(F)cc2)n1N=Cc1c[nH]c2ccccc12. The summed E-state index contributed by atoms with van der Waals surface area (Å²) in [6.07, 6.45) is 3.56. The highest BCUT2D eigenvalue weighted by atomic mass is 32.1. The number of aromatic nitrogens is 2. The van der Waals surface area contributed by atoms with Crippen molar-refractivity contribution in [2.45, 2.75) is 0 Å². The van der Waals surface area contributed by atoms with Gasteiger partial charge in [-0.25, -0.2) is 14.1 Å². The smallest absolute Gasteiger partial charge is 0.294 e. The van der Waals surface area contributed by atoms with Crippen LogP contribution in [0.5, 0.6) is 0 Å². The van der Waals surface area contributed by atoms with Crippen molar-refractivity contribution in [1.29, 1.82) is 0 Å². The van der Waals surface area contributed by atoms with E-state index in [1.807, 2.05) is 35.8 Å². The van der Waals surface area contributed by atoms with Crippen LogP contribution in [-0.4, -0.2) is 20.8 Å². The van der Waals surface area contributed by atoms with Gasteiger partial charge < -0.3 is 4.98 Å². The van der Waals surface area contributed by atoms with Crippen molar-refractivity contribution in [2.75, 3.05) is 0 Å².